The van der Waals surface area contributed by atoms with E-state index in [2.05, 4.69) is 47.0 Å². The highest BCUT2D eigenvalue weighted by Crippen LogP contribution is 2.43. The van der Waals surface area contributed by atoms with Crippen LogP contribution in [-0.4, -0.2) is 57.3 Å². The Morgan fingerprint density at radius 1 is 0.860 bits per heavy atom. The molecule has 0 atom stereocenters. The fourth-order valence-corrected chi connectivity index (χ4v) is 8.08. The first-order chi connectivity index (χ1) is 24.0. The molecule has 0 saturated carbocycles. The van der Waals surface area contributed by atoms with Gasteiger partial charge in [-0.05, 0) is 70.2 Å². The van der Waals surface area contributed by atoms with Crippen LogP contribution in [0.2, 0.25) is 0 Å². The number of sulfonamides is 1. The number of anilines is 1. The van der Waals surface area contributed by atoms with E-state index in [1.165, 1.54) is 12.1 Å². The second-order valence-electron chi connectivity index (χ2n) is 11.7. The number of rotatable bonds is 12. The second kappa shape index (κ2) is 14.2. The van der Waals surface area contributed by atoms with Gasteiger partial charge in [0, 0.05) is 71.3 Å². The summed E-state index contributed by atoms with van der Waals surface area (Å²) in [5.74, 6) is 0.497. The number of fused-ring (bicyclic) bond motifs is 2. The molecule has 4 aromatic rings. The third-order valence-electron chi connectivity index (χ3n) is 8.87. The van der Waals surface area contributed by atoms with Crippen molar-refractivity contribution in [3.05, 3.63) is 108 Å². The maximum absolute atomic E-state index is 13.5. The fraction of sp³-hybridized carbons (Fsp3) is 0.243. The molecule has 1 aliphatic carbocycles. The number of nitrogens with zero attached hydrogens (tertiary/aromatic N) is 4. The van der Waals surface area contributed by atoms with Gasteiger partial charge in [0.25, 0.3) is 0 Å². The van der Waals surface area contributed by atoms with Crippen molar-refractivity contribution < 1.29 is 25.8 Å². The van der Waals surface area contributed by atoms with E-state index >= 15 is 0 Å². The summed E-state index contributed by atoms with van der Waals surface area (Å²) in [6, 6.07) is 24.4. The minimum atomic E-state index is -5.16. The van der Waals surface area contributed by atoms with Gasteiger partial charge in [0.15, 0.2) is 0 Å². The average Bonchev–Trinajstić information content (AvgIpc) is 3.60. The smallest absolute Gasteiger partial charge is 0.240 e. The van der Waals surface area contributed by atoms with Crippen LogP contribution in [0.25, 0.3) is 39.1 Å². The first kappa shape index (κ1) is 35.0. The number of para-hydroxylation sites is 1. The van der Waals surface area contributed by atoms with E-state index in [9.17, 15) is 21.4 Å². The zero-order chi connectivity index (χ0) is 35.6. The van der Waals surface area contributed by atoms with Crippen molar-refractivity contribution >= 4 is 36.8 Å². The average molecular weight is 714 g/mol. The summed E-state index contributed by atoms with van der Waals surface area (Å²) < 4.78 is 78.5. The monoisotopic (exact) mass is 713 g/mol. The number of benzene rings is 4. The molecule has 1 aliphatic heterocycles. The van der Waals surface area contributed by atoms with Crippen molar-refractivity contribution in [1.29, 1.82) is 0 Å². The Morgan fingerprint density at radius 2 is 1.58 bits per heavy atom. The molecule has 260 valence electrons. The zero-order valence-electron chi connectivity index (χ0n) is 28.3. The Hall–Kier alpha value is -4.82. The van der Waals surface area contributed by atoms with Crippen molar-refractivity contribution in [3.63, 3.8) is 0 Å². The molecule has 0 saturated heterocycles. The van der Waals surface area contributed by atoms with Gasteiger partial charge in [-0.2, -0.15) is 5.10 Å². The number of hydrogen-bond acceptors (Lipinski definition) is 8. The highest BCUT2D eigenvalue weighted by Gasteiger charge is 2.25. The van der Waals surface area contributed by atoms with Gasteiger partial charge in [-0.3, -0.25) is 0 Å². The predicted molar refractivity (Wildman–Crippen MR) is 194 cm³/mol. The molecule has 2 aliphatic rings. The highest BCUT2D eigenvalue weighted by molar-refractivity contribution is 7.89. The van der Waals surface area contributed by atoms with Crippen molar-refractivity contribution in [2.75, 3.05) is 31.1 Å². The summed E-state index contributed by atoms with van der Waals surface area (Å²) in [7, 11) is -9.40. The molecule has 2 heterocycles. The van der Waals surface area contributed by atoms with Gasteiger partial charge in [0.2, 0.25) is 15.4 Å². The molecule has 1 N–H and O–H groups in total. The summed E-state index contributed by atoms with van der Waals surface area (Å²) in [6.45, 7) is 11.2. The van der Waals surface area contributed by atoms with Crippen molar-refractivity contribution in [2.45, 2.75) is 44.0 Å². The van der Waals surface area contributed by atoms with E-state index in [1.54, 1.807) is 17.1 Å². The lowest BCUT2D eigenvalue weighted by Gasteiger charge is -2.23. The van der Waals surface area contributed by atoms with Crippen LogP contribution in [0.15, 0.2) is 112 Å². The normalized spacial score (nSPS) is 12.1. The summed E-state index contributed by atoms with van der Waals surface area (Å²) >= 11 is 0. The van der Waals surface area contributed by atoms with Crippen LogP contribution in [-0.2, 0) is 26.7 Å². The van der Waals surface area contributed by atoms with E-state index in [0.29, 0.717) is 33.4 Å². The Labute approximate surface area is 292 Å². The van der Waals surface area contributed by atoms with Gasteiger partial charge in [-0.25, -0.2) is 30.8 Å². The van der Waals surface area contributed by atoms with E-state index in [4.69, 9.17) is 4.42 Å². The first-order valence-corrected chi connectivity index (χ1v) is 19.4. The van der Waals surface area contributed by atoms with Crippen LogP contribution >= 0.6 is 0 Å². The van der Waals surface area contributed by atoms with Gasteiger partial charge in [0.05, 0.1) is 27.7 Å². The lowest BCUT2D eigenvalue weighted by Crippen LogP contribution is -2.29. The Morgan fingerprint density at radius 3 is 2.26 bits per heavy atom. The van der Waals surface area contributed by atoms with Crippen LogP contribution in [0.4, 0.5) is 5.69 Å². The summed E-state index contributed by atoms with van der Waals surface area (Å²) in [5, 5.41) is 5.81. The molecule has 0 fully saturated rings. The topological polar surface area (TPSA) is 141 Å². The SMILES string of the molecule is CCN(CC)c1ccc2c(-c3ccc(S(=O)(=O)NCc4cnn(-c5ccccc5)c4)cc3S(=O)(=O)[O-])c3ccc(=[N+](CC)CC)cc-3oc2c1. The molecule has 50 heavy (non-hydrogen) atoms. The molecular weight excluding hydrogens is 675 g/mol. The summed E-state index contributed by atoms with van der Waals surface area (Å²) in [4.78, 5) is 1.16. The van der Waals surface area contributed by atoms with Crippen LogP contribution in [0.1, 0.15) is 33.3 Å². The summed E-state index contributed by atoms with van der Waals surface area (Å²) in [5.41, 5.74) is 3.94. The second-order valence-corrected chi connectivity index (χ2v) is 14.9. The first-order valence-electron chi connectivity index (χ1n) is 16.5. The van der Waals surface area contributed by atoms with Crippen LogP contribution in [0, 0.1) is 0 Å². The Kier molecular flexibility index (Phi) is 9.94. The lowest BCUT2D eigenvalue weighted by molar-refractivity contribution is 0.463. The van der Waals surface area contributed by atoms with E-state index in [-0.39, 0.29) is 17.0 Å². The predicted octanol–water partition coefficient (Wildman–Crippen LogP) is 5.43. The van der Waals surface area contributed by atoms with Crippen molar-refractivity contribution in [3.8, 4) is 28.1 Å². The zero-order valence-corrected chi connectivity index (χ0v) is 30.0. The maximum atomic E-state index is 13.5. The molecule has 1 aromatic heterocycles. The lowest BCUT2D eigenvalue weighted by atomic mass is 9.93. The molecule has 6 rings (SSSR count). The van der Waals surface area contributed by atoms with Gasteiger partial charge < -0.3 is 13.9 Å². The third kappa shape index (κ3) is 6.94. The van der Waals surface area contributed by atoms with Crippen molar-refractivity contribution in [1.82, 2.24) is 19.1 Å². The Bertz CT molecular complexity index is 2430. The largest absolute Gasteiger partial charge is 0.744 e. The van der Waals surface area contributed by atoms with Crippen LogP contribution in [0.3, 0.4) is 0 Å². The Balaban J connectivity index is 1.48. The molecule has 0 bridgehead atoms. The quantitative estimate of drug-likeness (QED) is 0.101. The van der Waals surface area contributed by atoms with Crippen LogP contribution < -0.4 is 19.6 Å². The standard InChI is InChI=1S/C37H39N5O6S2/c1-5-40(6-2)28-14-17-31-34(20-28)48-35-21-29(41(7-3)8-4)15-18-32(35)37(31)33-19-16-30(22-36(33)50(45,46)47)49(43,44)39-24-26-23-38-42(25-26)27-12-10-9-11-13-27/h9-23,25,39H,5-8,24H2,1-4H3. The molecule has 3 aromatic carbocycles. The van der Waals surface area contributed by atoms with Gasteiger partial charge >= 0.3 is 0 Å². The van der Waals surface area contributed by atoms with E-state index in [0.717, 1.165) is 49.0 Å². The van der Waals surface area contributed by atoms with Gasteiger partial charge in [0.1, 0.15) is 34.6 Å². The highest BCUT2D eigenvalue weighted by atomic mass is 32.2. The molecule has 11 nitrogen and oxygen atoms in total. The molecule has 0 radical (unpaired) electrons. The third-order valence-corrected chi connectivity index (χ3v) is 11.1. The van der Waals surface area contributed by atoms with Gasteiger partial charge in [-0.15, -0.1) is 0 Å². The van der Waals surface area contributed by atoms with Gasteiger partial charge in [-0.1, -0.05) is 24.3 Å². The minimum Gasteiger partial charge on any atom is -0.744 e. The molecular formula is C37H39N5O6S2. The molecule has 13 heteroatoms. The number of hydrogen-bond donors (Lipinski definition) is 1. The number of aromatic nitrogens is 2. The maximum Gasteiger partial charge on any atom is 0.240 e. The molecule has 0 unspecified atom stereocenters. The van der Waals surface area contributed by atoms with Crippen molar-refractivity contribution in [2.24, 2.45) is 0 Å². The van der Waals surface area contributed by atoms with E-state index in [1.807, 2.05) is 66.7 Å². The van der Waals surface area contributed by atoms with E-state index < -0.39 is 25.0 Å². The fourth-order valence-electron chi connectivity index (χ4n) is 6.25. The summed E-state index contributed by atoms with van der Waals surface area (Å²) in [6.07, 6.45) is 3.24. The minimum absolute atomic E-state index is 0.0834. The number of nitrogens with one attached hydrogen (secondary N) is 1. The molecule has 0 amide bonds. The molecule has 0 spiro atoms. The van der Waals surface area contributed by atoms with Crippen LogP contribution in [0.5, 0.6) is 0 Å².